The number of nitrogens with one attached hydrogen (secondary N) is 1. The topological polar surface area (TPSA) is 24.9 Å². The van der Waals surface area contributed by atoms with Crippen LogP contribution in [0, 0.1) is 0 Å². The maximum absolute atomic E-state index is 4.33. The third kappa shape index (κ3) is 2.19. The first-order chi connectivity index (χ1) is 9.90. The van der Waals surface area contributed by atoms with Gasteiger partial charge in [-0.15, -0.1) is 23.1 Å². The van der Waals surface area contributed by atoms with Gasteiger partial charge in [0.25, 0.3) is 0 Å². The number of thioether (sulfide) groups is 1. The van der Waals surface area contributed by atoms with Gasteiger partial charge in [-0.05, 0) is 36.2 Å². The molecule has 1 N–H and O–H groups in total. The average molecular weight is 298 g/mol. The standard InChI is InChI=1S/C16H14N2S2/c1-2-4-15-12(3-1)13(7-8-19-15)18-11-5-6-14-16(9-11)20-10-17-14/h1-6,9-10,13,18H,7-8H2. The smallest absolute Gasteiger partial charge is 0.0813 e. The molecule has 4 rings (SSSR count). The quantitative estimate of drug-likeness (QED) is 0.725. The molecule has 0 bridgehead atoms. The van der Waals surface area contributed by atoms with Crippen LogP contribution in [0.15, 0.2) is 52.9 Å². The van der Waals surface area contributed by atoms with Crippen molar-refractivity contribution in [2.75, 3.05) is 11.1 Å². The fourth-order valence-electron chi connectivity index (χ4n) is 2.64. The summed E-state index contributed by atoms with van der Waals surface area (Å²) in [6.45, 7) is 0. The van der Waals surface area contributed by atoms with Gasteiger partial charge in [0, 0.05) is 16.3 Å². The Labute approximate surface area is 126 Å². The summed E-state index contributed by atoms with van der Waals surface area (Å²) >= 11 is 3.65. The van der Waals surface area contributed by atoms with Crippen molar-refractivity contribution in [3.8, 4) is 0 Å². The van der Waals surface area contributed by atoms with Crippen molar-refractivity contribution in [2.24, 2.45) is 0 Å². The van der Waals surface area contributed by atoms with Crippen LogP contribution in [-0.2, 0) is 0 Å². The molecule has 0 saturated heterocycles. The van der Waals surface area contributed by atoms with Crippen molar-refractivity contribution in [2.45, 2.75) is 17.4 Å². The van der Waals surface area contributed by atoms with Gasteiger partial charge >= 0.3 is 0 Å². The summed E-state index contributed by atoms with van der Waals surface area (Å²) in [4.78, 5) is 5.74. The van der Waals surface area contributed by atoms with Crippen LogP contribution in [-0.4, -0.2) is 10.7 Å². The lowest BCUT2D eigenvalue weighted by Crippen LogP contribution is -2.15. The number of hydrogen-bond donors (Lipinski definition) is 1. The maximum atomic E-state index is 4.33. The van der Waals surface area contributed by atoms with E-state index in [0.29, 0.717) is 6.04 Å². The minimum absolute atomic E-state index is 0.415. The normalized spacial score (nSPS) is 17.9. The van der Waals surface area contributed by atoms with Gasteiger partial charge in [0.2, 0.25) is 0 Å². The Morgan fingerprint density at radius 3 is 3.10 bits per heavy atom. The summed E-state index contributed by atoms with van der Waals surface area (Å²) in [7, 11) is 0. The minimum atomic E-state index is 0.415. The molecule has 0 spiro atoms. The van der Waals surface area contributed by atoms with E-state index in [2.05, 4.69) is 52.8 Å². The number of anilines is 1. The van der Waals surface area contributed by atoms with Crippen LogP contribution < -0.4 is 5.32 Å². The lowest BCUT2D eigenvalue weighted by molar-refractivity contribution is 0.729. The van der Waals surface area contributed by atoms with Gasteiger partial charge < -0.3 is 5.32 Å². The number of nitrogens with zero attached hydrogens (tertiary/aromatic N) is 1. The zero-order valence-corrected chi connectivity index (χ0v) is 12.5. The molecular weight excluding hydrogens is 284 g/mol. The van der Waals surface area contributed by atoms with E-state index in [-0.39, 0.29) is 0 Å². The molecule has 3 aromatic rings. The highest BCUT2D eigenvalue weighted by molar-refractivity contribution is 7.99. The summed E-state index contributed by atoms with van der Waals surface area (Å²) in [5.74, 6) is 1.18. The second-order valence-corrected chi connectivity index (χ2v) is 6.93. The summed E-state index contributed by atoms with van der Waals surface area (Å²) in [5, 5.41) is 3.68. The molecule has 0 saturated carbocycles. The van der Waals surface area contributed by atoms with E-state index in [4.69, 9.17) is 0 Å². The molecule has 100 valence electrons. The van der Waals surface area contributed by atoms with E-state index in [1.54, 1.807) is 11.3 Å². The molecule has 20 heavy (non-hydrogen) atoms. The van der Waals surface area contributed by atoms with Crippen LogP contribution >= 0.6 is 23.1 Å². The summed E-state index contributed by atoms with van der Waals surface area (Å²) < 4.78 is 1.24. The van der Waals surface area contributed by atoms with Crippen molar-refractivity contribution >= 4 is 39.0 Å². The van der Waals surface area contributed by atoms with Crippen molar-refractivity contribution in [3.63, 3.8) is 0 Å². The molecule has 2 heterocycles. The predicted octanol–water partition coefficient (Wildman–Crippen LogP) is 4.95. The van der Waals surface area contributed by atoms with Crippen LogP contribution in [0.5, 0.6) is 0 Å². The number of thiazole rings is 1. The van der Waals surface area contributed by atoms with Crippen LogP contribution in [0.25, 0.3) is 10.2 Å². The van der Waals surface area contributed by atoms with E-state index >= 15 is 0 Å². The van der Waals surface area contributed by atoms with Gasteiger partial charge in [-0.3, -0.25) is 0 Å². The Balaban J connectivity index is 1.66. The second kappa shape index (κ2) is 5.11. The minimum Gasteiger partial charge on any atom is -0.378 e. The van der Waals surface area contributed by atoms with Gasteiger partial charge in [-0.25, -0.2) is 4.98 Å². The highest BCUT2D eigenvalue weighted by Crippen LogP contribution is 2.38. The van der Waals surface area contributed by atoms with Crippen LogP contribution in [0.2, 0.25) is 0 Å². The number of hydrogen-bond acceptors (Lipinski definition) is 4. The van der Waals surface area contributed by atoms with Crippen molar-refractivity contribution < 1.29 is 0 Å². The molecule has 1 aliphatic heterocycles. The number of rotatable bonds is 2. The average Bonchev–Trinajstić information content (AvgIpc) is 2.95. The molecule has 4 heteroatoms. The van der Waals surface area contributed by atoms with Crippen molar-refractivity contribution in [1.82, 2.24) is 4.98 Å². The molecule has 0 radical (unpaired) electrons. The summed E-state index contributed by atoms with van der Waals surface area (Å²) in [6.07, 6.45) is 1.17. The Bertz CT molecular complexity index is 751. The molecule has 0 amide bonds. The lowest BCUT2D eigenvalue weighted by atomic mass is 10.0. The monoisotopic (exact) mass is 298 g/mol. The van der Waals surface area contributed by atoms with Gasteiger partial charge in [0.1, 0.15) is 0 Å². The largest absolute Gasteiger partial charge is 0.378 e. The highest BCUT2D eigenvalue weighted by atomic mass is 32.2. The van der Waals surface area contributed by atoms with Gasteiger partial charge in [0.15, 0.2) is 0 Å². The van der Waals surface area contributed by atoms with Crippen molar-refractivity contribution in [3.05, 3.63) is 53.5 Å². The molecule has 1 atom stereocenters. The SMILES string of the molecule is c1ccc2c(c1)SCCC2Nc1ccc2ncsc2c1. The van der Waals surface area contributed by atoms with E-state index in [9.17, 15) is 0 Å². The molecule has 2 nitrogen and oxygen atoms in total. The molecule has 0 fully saturated rings. The molecular formula is C16H14N2S2. The summed E-state index contributed by atoms with van der Waals surface area (Å²) in [6, 6.07) is 15.6. The van der Waals surface area contributed by atoms with E-state index < -0.39 is 0 Å². The lowest BCUT2D eigenvalue weighted by Gasteiger charge is -2.26. The van der Waals surface area contributed by atoms with Gasteiger partial charge in [-0.1, -0.05) is 18.2 Å². The highest BCUT2D eigenvalue weighted by Gasteiger charge is 2.20. The zero-order chi connectivity index (χ0) is 13.4. The number of aromatic nitrogens is 1. The fourth-order valence-corrected chi connectivity index (χ4v) is 4.48. The Kier molecular flexibility index (Phi) is 3.13. The second-order valence-electron chi connectivity index (χ2n) is 4.91. The van der Waals surface area contributed by atoms with Crippen LogP contribution in [0.4, 0.5) is 5.69 Å². The van der Waals surface area contributed by atoms with Crippen LogP contribution in [0.3, 0.4) is 0 Å². The Morgan fingerprint density at radius 1 is 1.15 bits per heavy atom. The van der Waals surface area contributed by atoms with Gasteiger partial charge in [-0.2, -0.15) is 0 Å². The summed E-state index contributed by atoms with van der Waals surface area (Å²) in [5.41, 5.74) is 5.60. The predicted molar refractivity (Wildman–Crippen MR) is 87.8 cm³/mol. The molecule has 1 aliphatic rings. The first kappa shape index (κ1) is 12.2. The number of fused-ring (bicyclic) bond motifs is 2. The van der Waals surface area contributed by atoms with E-state index in [0.717, 1.165) is 5.52 Å². The third-order valence-corrected chi connectivity index (χ3v) is 5.55. The van der Waals surface area contributed by atoms with Gasteiger partial charge in [0.05, 0.1) is 21.8 Å². The third-order valence-electron chi connectivity index (χ3n) is 3.63. The zero-order valence-electron chi connectivity index (χ0n) is 10.9. The molecule has 1 aromatic heterocycles. The maximum Gasteiger partial charge on any atom is 0.0813 e. The van der Waals surface area contributed by atoms with Crippen molar-refractivity contribution in [1.29, 1.82) is 0 Å². The molecule has 2 aromatic carbocycles. The molecule has 1 unspecified atom stereocenters. The fraction of sp³-hybridized carbons (Fsp3) is 0.188. The first-order valence-corrected chi connectivity index (χ1v) is 8.58. The van der Waals surface area contributed by atoms with E-state index in [1.165, 1.54) is 33.0 Å². The van der Waals surface area contributed by atoms with Crippen LogP contribution in [0.1, 0.15) is 18.0 Å². The van der Waals surface area contributed by atoms with E-state index in [1.807, 2.05) is 17.3 Å². The number of benzene rings is 2. The molecule has 0 aliphatic carbocycles. The Hall–Kier alpha value is -1.52. The first-order valence-electron chi connectivity index (χ1n) is 6.72. The Morgan fingerprint density at radius 2 is 2.10 bits per heavy atom.